The summed E-state index contributed by atoms with van der Waals surface area (Å²) < 4.78 is 5.26. The predicted octanol–water partition coefficient (Wildman–Crippen LogP) is 3.53. The van der Waals surface area contributed by atoms with Gasteiger partial charge in [0.05, 0.1) is 12.2 Å². The summed E-state index contributed by atoms with van der Waals surface area (Å²) in [5.74, 6) is 0. The summed E-state index contributed by atoms with van der Waals surface area (Å²) in [6.07, 6.45) is 0.446. The minimum Gasteiger partial charge on any atom is -0.444 e. The Bertz CT molecular complexity index is 759. The van der Waals surface area contributed by atoms with Crippen LogP contribution in [0.15, 0.2) is 59.4 Å². The Kier molecular flexibility index (Phi) is 4.28. The third kappa shape index (κ3) is 3.34. The Morgan fingerprint density at radius 2 is 1.83 bits per heavy atom. The van der Waals surface area contributed by atoms with Gasteiger partial charge < -0.3 is 10.1 Å². The normalized spacial score (nSPS) is 17.0. The van der Waals surface area contributed by atoms with Gasteiger partial charge in [0.2, 0.25) is 5.43 Å². The first-order chi connectivity index (χ1) is 11.2. The first kappa shape index (κ1) is 15.1. The largest absolute Gasteiger partial charge is 0.444 e. The molecular weight excluding hydrogens is 292 g/mol. The van der Waals surface area contributed by atoms with E-state index < -0.39 is 0 Å². The molecule has 1 amide bonds. The molecule has 0 aromatic heterocycles. The third-order valence-electron chi connectivity index (χ3n) is 3.79. The molecule has 0 bridgehead atoms. The minimum absolute atomic E-state index is 0.0485. The number of hydrogen-bond donors (Lipinski definition) is 1. The molecule has 5 nitrogen and oxygen atoms in total. The van der Waals surface area contributed by atoms with Crippen LogP contribution in [0.1, 0.15) is 13.3 Å². The molecule has 1 atom stereocenters. The van der Waals surface area contributed by atoms with Gasteiger partial charge in [0, 0.05) is 11.4 Å². The highest BCUT2D eigenvalue weighted by molar-refractivity contribution is 5.90. The lowest BCUT2D eigenvalue weighted by Crippen LogP contribution is -2.24. The molecule has 0 saturated carbocycles. The van der Waals surface area contributed by atoms with E-state index in [0.29, 0.717) is 12.2 Å². The molecule has 2 aromatic rings. The van der Waals surface area contributed by atoms with Crippen molar-refractivity contribution in [2.45, 2.75) is 19.4 Å². The zero-order valence-electron chi connectivity index (χ0n) is 12.9. The van der Waals surface area contributed by atoms with Crippen LogP contribution in [0.4, 0.5) is 21.9 Å². The molecule has 1 aliphatic heterocycles. The monoisotopic (exact) mass is 310 g/mol. The number of carbonyl (C=O) groups excluding carboxylic acids is 1. The molecule has 0 radical (unpaired) electrons. The lowest BCUT2D eigenvalue weighted by molar-refractivity contribution is 0.139. The summed E-state index contributed by atoms with van der Waals surface area (Å²) in [4.78, 5) is 25.4. The highest BCUT2D eigenvalue weighted by atomic mass is 16.6. The summed E-state index contributed by atoms with van der Waals surface area (Å²) in [5, 5.41) is 3.09. The van der Waals surface area contributed by atoms with Crippen molar-refractivity contribution >= 4 is 23.2 Å². The fourth-order valence-corrected chi connectivity index (χ4v) is 2.46. The Hall–Kier alpha value is -2.82. The number of cyclic esters (lactones) is 1. The van der Waals surface area contributed by atoms with E-state index in [4.69, 9.17) is 4.74 Å². The molecule has 1 N–H and O–H groups in total. The average molecular weight is 310 g/mol. The Labute approximate surface area is 134 Å². The summed E-state index contributed by atoms with van der Waals surface area (Å²) >= 11 is 0. The van der Waals surface area contributed by atoms with E-state index in [1.54, 1.807) is 23.1 Å². The van der Waals surface area contributed by atoms with E-state index in [1.807, 2.05) is 37.3 Å². The lowest BCUT2D eigenvalue weighted by atomic mass is 10.2. The van der Waals surface area contributed by atoms with Crippen molar-refractivity contribution in [2.75, 3.05) is 16.8 Å². The van der Waals surface area contributed by atoms with Gasteiger partial charge in [-0.2, -0.15) is 0 Å². The van der Waals surface area contributed by atoms with E-state index >= 15 is 0 Å². The van der Waals surface area contributed by atoms with E-state index in [1.165, 1.54) is 6.07 Å². The fourth-order valence-electron chi connectivity index (χ4n) is 2.46. The van der Waals surface area contributed by atoms with Crippen molar-refractivity contribution in [2.24, 2.45) is 0 Å². The van der Waals surface area contributed by atoms with Crippen LogP contribution in [0.3, 0.4) is 0 Å². The van der Waals surface area contributed by atoms with Gasteiger partial charge in [0.15, 0.2) is 0 Å². The molecule has 1 heterocycles. The third-order valence-corrected chi connectivity index (χ3v) is 3.79. The Balaban J connectivity index is 1.77. The number of benzene rings is 1. The number of nitrogens with zero attached hydrogens (tertiary/aromatic N) is 1. The maximum atomic E-state index is 11.9. The SMILES string of the molecule is CCC1CN(c2ccc(Nc3cccccc3=O)cc2)C(=O)O1. The zero-order chi connectivity index (χ0) is 16.2. The van der Waals surface area contributed by atoms with Gasteiger partial charge in [-0.3, -0.25) is 9.69 Å². The van der Waals surface area contributed by atoms with Crippen molar-refractivity contribution in [1.29, 1.82) is 0 Å². The first-order valence-corrected chi connectivity index (χ1v) is 7.62. The molecule has 3 rings (SSSR count). The number of ether oxygens (including phenoxy) is 1. The van der Waals surface area contributed by atoms with Crippen molar-refractivity contribution in [1.82, 2.24) is 0 Å². The van der Waals surface area contributed by atoms with E-state index in [0.717, 1.165) is 17.8 Å². The topological polar surface area (TPSA) is 58.6 Å². The van der Waals surface area contributed by atoms with Crippen LogP contribution in [0.5, 0.6) is 0 Å². The molecule has 1 fully saturated rings. The number of rotatable bonds is 4. The molecule has 1 aliphatic rings. The quantitative estimate of drug-likeness (QED) is 0.938. The Morgan fingerprint density at radius 3 is 2.52 bits per heavy atom. The van der Waals surface area contributed by atoms with Crippen LogP contribution in [0.2, 0.25) is 0 Å². The van der Waals surface area contributed by atoms with Crippen LogP contribution in [0.25, 0.3) is 0 Å². The van der Waals surface area contributed by atoms with E-state index in [-0.39, 0.29) is 17.6 Å². The highest BCUT2D eigenvalue weighted by Gasteiger charge is 2.30. The van der Waals surface area contributed by atoms with Gasteiger partial charge in [0.1, 0.15) is 6.10 Å². The van der Waals surface area contributed by atoms with Gasteiger partial charge in [-0.25, -0.2) is 4.79 Å². The minimum atomic E-state index is -0.311. The summed E-state index contributed by atoms with van der Waals surface area (Å²) in [5.41, 5.74) is 2.01. The van der Waals surface area contributed by atoms with E-state index in [2.05, 4.69) is 5.32 Å². The Morgan fingerprint density at radius 1 is 1.09 bits per heavy atom. The second-order valence-electron chi connectivity index (χ2n) is 5.39. The average Bonchev–Trinajstić information content (AvgIpc) is 2.83. The second kappa shape index (κ2) is 6.52. The number of anilines is 3. The van der Waals surface area contributed by atoms with Crippen LogP contribution < -0.4 is 15.6 Å². The fraction of sp³-hybridized carbons (Fsp3) is 0.222. The highest BCUT2D eigenvalue weighted by Crippen LogP contribution is 2.25. The van der Waals surface area contributed by atoms with Crippen molar-refractivity contribution in [3.05, 3.63) is 64.8 Å². The molecule has 2 aromatic carbocycles. The van der Waals surface area contributed by atoms with Crippen LogP contribution in [-0.2, 0) is 4.74 Å². The first-order valence-electron chi connectivity index (χ1n) is 7.62. The maximum Gasteiger partial charge on any atom is 0.414 e. The number of amides is 1. The number of carbonyl (C=O) groups is 1. The molecule has 118 valence electrons. The molecule has 0 spiro atoms. The van der Waals surface area contributed by atoms with Gasteiger partial charge in [0.25, 0.3) is 0 Å². The van der Waals surface area contributed by atoms with Gasteiger partial charge in [-0.15, -0.1) is 0 Å². The second-order valence-corrected chi connectivity index (χ2v) is 5.39. The molecule has 0 aliphatic carbocycles. The van der Waals surface area contributed by atoms with Crippen LogP contribution >= 0.6 is 0 Å². The van der Waals surface area contributed by atoms with Gasteiger partial charge in [-0.05, 0) is 42.8 Å². The molecule has 23 heavy (non-hydrogen) atoms. The maximum absolute atomic E-state index is 11.9. The lowest BCUT2D eigenvalue weighted by Gasteiger charge is -2.13. The molecule has 5 heteroatoms. The van der Waals surface area contributed by atoms with Crippen LogP contribution in [0, 0.1) is 0 Å². The zero-order valence-corrected chi connectivity index (χ0v) is 12.9. The summed E-state index contributed by atoms with van der Waals surface area (Å²) in [6.45, 7) is 2.57. The molecular formula is C18H18N2O3. The standard InChI is InChI=1S/C18H18N2O3/c1-2-15-12-20(18(22)23-15)14-10-8-13(9-11-14)19-16-6-4-3-5-7-17(16)21/h3-11,15H,2,12H2,1H3,(H,19,21). The number of hydrogen-bond acceptors (Lipinski definition) is 4. The van der Waals surface area contributed by atoms with Crippen molar-refractivity contribution in [3.8, 4) is 0 Å². The molecule has 1 unspecified atom stereocenters. The molecule has 1 saturated heterocycles. The van der Waals surface area contributed by atoms with Crippen molar-refractivity contribution < 1.29 is 9.53 Å². The van der Waals surface area contributed by atoms with Crippen molar-refractivity contribution in [3.63, 3.8) is 0 Å². The summed E-state index contributed by atoms with van der Waals surface area (Å²) in [7, 11) is 0. The smallest absolute Gasteiger partial charge is 0.414 e. The summed E-state index contributed by atoms with van der Waals surface area (Å²) in [6, 6.07) is 15.9. The van der Waals surface area contributed by atoms with Gasteiger partial charge in [-0.1, -0.05) is 25.1 Å². The van der Waals surface area contributed by atoms with Gasteiger partial charge >= 0.3 is 6.09 Å². The van der Waals surface area contributed by atoms with E-state index in [9.17, 15) is 9.59 Å². The number of nitrogens with one attached hydrogen (secondary N) is 1. The van der Waals surface area contributed by atoms with Crippen LogP contribution in [-0.4, -0.2) is 18.7 Å². The predicted molar refractivity (Wildman–Crippen MR) is 90.3 cm³/mol.